The number of rotatable bonds is 5. The third-order valence-corrected chi connectivity index (χ3v) is 5.30. The Labute approximate surface area is 159 Å². The molecule has 0 unspecified atom stereocenters. The number of carbonyl (C=O) groups is 1. The first-order valence-electron chi connectivity index (χ1n) is 8.56. The Kier molecular flexibility index (Phi) is 4.89. The van der Waals surface area contributed by atoms with Gasteiger partial charge in [-0.2, -0.15) is 5.26 Å². The number of carbonyl (C=O) groups excluding carboxylic acids is 1. The van der Waals surface area contributed by atoms with Crippen LogP contribution in [0.15, 0.2) is 40.2 Å². The van der Waals surface area contributed by atoms with Crippen molar-refractivity contribution >= 4 is 23.5 Å². The maximum atomic E-state index is 12.3. The summed E-state index contributed by atoms with van der Waals surface area (Å²) in [6.07, 6.45) is 7.68. The minimum Gasteiger partial charge on any atom is -0.304 e. The standard InChI is InChI=1S/C18H16N6O2S/c19-10-13-9-12-5-1-2-6-14(12)20-18(13)27-11-15(25)21-16-17(23-26-22-16)24-7-3-4-8-24/h3-4,7-9H,1-2,5-6,11H2,(H,21,22,25). The number of thioether (sulfide) groups is 1. The van der Waals surface area contributed by atoms with E-state index in [2.05, 4.69) is 26.7 Å². The van der Waals surface area contributed by atoms with Crippen LogP contribution in [-0.4, -0.2) is 31.5 Å². The van der Waals surface area contributed by atoms with Gasteiger partial charge in [-0.1, -0.05) is 11.8 Å². The summed E-state index contributed by atoms with van der Waals surface area (Å²) in [5.74, 6) is 0.490. The second-order valence-electron chi connectivity index (χ2n) is 6.13. The van der Waals surface area contributed by atoms with Gasteiger partial charge < -0.3 is 9.88 Å². The van der Waals surface area contributed by atoms with E-state index in [-0.39, 0.29) is 17.5 Å². The SMILES string of the molecule is N#Cc1cc2c(nc1SCC(=O)Nc1nonc1-n1cccc1)CCCC2. The number of nitrogens with one attached hydrogen (secondary N) is 1. The van der Waals surface area contributed by atoms with Crippen LogP contribution in [0, 0.1) is 11.3 Å². The molecule has 0 atom stereocenters. The summed E-state index contributed by atoms with van der Waals surface area (Å²) < 4.78 is 6.43. The average molecular weight is 380 g/mol. The Bertz CT molecular complexity index is 1010. The van der Waals surface area contributed by atoms with Gasteiger partial charge >= 0.3 is 0 Å². The molecule has 1 aliphatic rings. The van der Waals surface area contributed by atoms with Crippen molar-refractivity contribution in [3.63, 3.8) is 0 Å². The van der Waals surface area contributed by atoms with Gasteiger partial charge in [0, 0.05) is 18.1 Å². The highest BCUT2D eigenvalue weighted by Gasteiger charge is 2.18. The largest absolute Gasteiger partial charge is 0.304 e. The van der Waals surface area contributed by atoms with Crippen LogP contribution in [-0.2, 0) is 17.6 Å². The maximum absolute atomic E-state index is 12.3. The average Bonchev–Trinajstić information content (AvgIpc) is 3.37. The third kappa shape index (κ3) is 3.71. The van der Waals surface area contributed by atoms with Crippen molar-refractivity contribution in [1.29, 1.82) is 5.26 Å². The molecule has 3 aromatic heterocycles. The molecule has 4 rings (SSSR count). The van der Waals surface area contributed by atoms with Crippen molar-refractivity contribution in [2.75, 3.05) is 11.1 Å². The first-order valence-corrected chi connectivity index (χ1v) is 9.54. The van der Waals surface area contributed by atoms with Gasteiger partial charge in [-0.15, -0.1) is 0 Å². The van der Waals surface area contributed by atoms with Crippen LogP contribution in [0.25, 0.3) is 5.82 Å². The van der Waals surface area contributed by atoms with Crippen LogP contribution in [0.1, 0.15) is 29.7 Å². The second-order valence-corrected chi connectivity index (χ2v) is 7.09. The fourth-order valence-corrected chi connectivity index (χ4v) is 3.79. The number of nitrogens with zero attached hydrogens (tertiary/aromatic N) is 5. The molecule has 8 nitrogen and oxygen atoms in total. The first-order chi connectivity index (χ1) is 13.2. The Morgan fingerprint density at radius 3 is 2.93 bits per heavy atom. The van der Waals surface area contributed by atoms with E-state index in [1.165, 1.54) is 11.8 Å². The van der Waals surface area contributed by atoms with Crippen molar-refractivity contribution < 1.29 is 9.42 Å². The first kappa shape index (κ1) is 17.3. The molecule has 0 spiro atoms. The van der Waals surface area contributed by atoms with Crippen LogP contribution in [0.4, 0.5) is 5.82 Å². The van der Waals surface area contributed by atoms with Gasteiger partial charge in [0.05, 0.1) is 11.3 Å². The number of aromatic nitrogens is 4. The Morgan fingerprint density at radius 1 is 1.30 bits per heavy atom. The van der Waals surface area contributed by atoms with E-state index in [0.29, 0.717) is 16.4 Å². The lowest BCUT2D eigenvalue weighted by Gasteiger charge is -2.16. The van der Waals surface area contributed by atoms with Crippen LogP contribution < -0.4 is 5.32 Å². The molecule has 1 N–H and O–H groups in total. The van der Waals surface area contributed by atoms with E-state index >= 15 is 0 Å². The summed E-state index contributed by atoms with van der Waals surface area (Å²) >= 11 is 1.25. The van der Waals surface area contributed by atoms with Gasteiger partial charge in [0.2, 0.25) is 17.5 Å². The molecule has 0 radical (unpaired) electrons. The number of hydrogen-bond donors (Lipinski definition) is 1. The minimum atomic E-state index is -0.271. The number of hydrogen-bond acceptors (Lipinski definition) is 7. The summed E-state index contributed by atoms with van der Waals surface area (Å²) in [5.41, 5.74) is 2.71. The second kappa shape index (κ2) is 7.63. The van der Waals surface area contributed by atoms with E-state index in [1.807, 2.05) is 18.2 Å². The lowest BCUT2D eigenvalue weighted by molar-refractivity contribution is -0.113. The number of pyridine rings is 1. The fraction of sp³-hybridized carbons (Fsp3) is 0.278. The quantitative estimate of drug-likeness (QED) is 0.678. The van der Waals surface area contributed by atoms with Gasteiger partial charge in [0.1, 0.15) is 11.1 Å². The lowest BCUT2D eigenvalue weighted by Crippen LogP contribution is -2.16. The molecule has 1 amide bonds. The normalized spacial score (nSPS) is 13.0. The molecule has 1 aliphatic carbocycles. The zero-order valence-electron chi connectivity index (χ0n) is 14.4. The van der Waals surface area contributed by atoms with E-state index in [1.54, 1.807) is 17.0 Å². The Morgan fingerprint density at radius 2 is 2.11 bits per heavy atom. The van der Waals surface area contributed by atoms with Crippen LogP contribution in [0.2, 0.25) is 0 Å². The molecule has 27 heavy (non-hydrogen) atoms. The van der Waals surface area contributed by atoms with Gasteiger partial charge in [-0.05, 0) is 59.8 Å². The van der Waals surface area contributed by atoms with E-state index < -0.39 is 0 Å². The van der Waals surface area contributed by atoms with Crippen LogP contribution in [0.5, 0.6) is 0 Å². The van der Waals surface area contributed by atoms with Gasteiger partial charge in [-0.3, -0.25) is 4.79 Å². The predicted molar refractivity (Wildman–Crippen MR) is 98.6 cm³/mol. The summed E-state index contributed by atoms with van der Waals surface area (Å²) in [6, 6.07) is 7.77. The van der Waals surface area contributed by atoms with Crippen LogP contribution >= 0.6 is 11.8 Å². The van der Waals surface area contributed by atoms with Gasteiger partial charge in [0.25, 0.3) is 0 Å². The molecule has 0 bridgehead atoms. The highest BCUT2D eigenvalue weighted by Crippen LogP contribution is 2.27. The topological polar surface area (TPSA) is 110 Å². The number of amides is 1. The van der Waals surface area contributed by atoms with Crippen molar-refractivity contribution in [3.05, 3.63) is 47.4 Å². The smallest absolute Gasteiger partial charge is 0.236 e. The molecule has 136 valence electrons. The van der Waals surface area contributed by atoms with Gasteiger partial charge in [-0.25, -0.2) is 9.61 Å². The van der Waals surface area contributed by atoms with Crippen molar-refractivity contribution in [2.24, 2.45) is 0 Å². The summed E-state index contributed by atoms with van der Waals surface area (Å²) in [4.78, 5) is 17.0. The third-order valence-electron chi connectivity index (χ3n) is 4.30. The minimum absolute atomic E-state index is 0.110. The van der Waals surface area contributed by atoms with E-state index in [0.717, 1.165) is 36.9 Å². The Balaban J connectivity index is 1.45. The highest BCUT2D eigenvalue weighted by atomic mass is 32.2. The molecule has 9 heteroatoms. The molecular formula is C18H16N6O2S. The molecule has 0 saturated carbocycles. The molecule has 0 saturated heterocycles. The molecule has 3 aromatic rings. The van der Waals surface area contributed by atoms with E-state index in [9.17, 15) is 10.1 Å². The Hall–Kier alpha value is -3.12. The van der Waals surface area contributed by atoms with Crippen molar-refractivity contribution in [2.45, 2.75) is 30.7 Å². The molecule has 0 aliphatic heterocycles. The van der Waals surface area contributed by atoms with E-state index in [4.69, 9.17) is 4.63 Å². The van der Waals surface area contributed by atoms with Gasteiger partial charge in [0.15, 0.2) is 0 Å². The molecule has 0 fully saturated rings. The maximum Gasteiger partial charge on any atom is 0.236 e. The number of aryl methyl sites for hydroxylation is 2. The lowest BCUT2D eigenvalue weighted by atomic mass is 9.95. The summed E-state index contributed by atoms with van der Waals surface area (Å²) in [6.45, 7) is 0. The summed E-state index contributed by atoms with van der Waals surface area (Å²) in [5, 5.41) is 20.2. The zero-order valence-corrected chi connectivity index (χ0v) is 15.2. The van der Waals surface area contributed by atoms with Crippen molar-refractivity contribution in [3.8, 4) is 11.9 Å². The monoisotopic (exact) mass is 380 g/mol. The fourth-order valence-electron chi connectivity index (χ4n) is 3.01. The molecule has 3 heterocycles. The number of anilines is 1. The summed E-state index contributed by atoms with van der Waals surface area (Å²) in [7, 11) is 0. The zero-order chi connectivity index (χ0) is 18.6. The van der Waals surface area contributed by atoms with Crippen LogP contribution in [0.3, 0.4) is 0 Å². The highest BCUT2D eigenvalue weighted by molar-refractivity contribution is 8.00. The molecular weight excluding hydrogens is 364 g/mol. The number of nitriles is 1. The number of fused-ring (bicyclic) bond motifs is 1. The molecule has 0 aromatic carbocycles. The van der Waals surface area contributed by atoms with Crippen molar-refractivity contribution in [1.82, 2.24) is 19.9 Å². The predicted octanol–water partition coefficient (Wildman–Crippen LogP) is 2.74.